The summed E-state index contributed by atoms with van der Waals surface area (Å²) >= 11 is 12.4. The third-order valence-corrected chi connectivity index (χ3v) is 4.64. The van der Waals surface area contributed by atoms with Crippen LogP contribution in [-0.2, 0) is 6.42 Å². The molecule has 1 aromatic carbocycles. The van der Waals surface area contributed by atoms with E-state index in [2.05, 4.69) is 20.5 Å². The van der Waals surface area contributed by atoms with Crippen LogP contribution in [0.3, 0.4) is 0 Å². The predicted octanol–water partition coefficient (Wildman–Crippen LogP) is 4.65. The molecule has 0 atom stereocenters. The Kier molecular flexibility index (Phi) is 5.58. The van der Waals surface area contributed by atoms with Crippen LogP contribution in [0.15, 0.2) is 41.5 Å². The van der Waals surface area contributed by atoms with E-state index in [1.165, 1.54) is 25.4 Å². The van der Waals surface area contributed by atoms with Gasteiger partial charge in [0.05, 0.1) is 21.4 Å². The SMILES string of the molecule is CCc1cc(Nc2c(Cl)cncc2Cl)c(C(C)=O)cc1-c1ccc(=O)[nH]n1. The van der Waals surface area contributed by atoms with Crippen molar-refractivity contribution >= 4 is 40.4 Å². The van der Waals surface area contributed by atoms with Crippen molar-refractivity contribution in [2.75, 3.05) is 5.32 Å². The lowest BCUT2D eigenvalue weighted by molar-refractivity contribution is 0.101. The zero-order valence-corrected chi connectivity index (χ0v) is 16.1. The molecule has 0 aliphatic rings. The van der Waals surface area contributed by atoms with Crippen molar-refractivity contribution < 1.29 is 4.79 Å². The number of ketones is 1. The van der Waals surface area contributed by atoms with Crippen LogP contribution in [0.5, 0.6) is 0 Å². The van der Waals surface area contributed by atoms with Crippen LogP contribution in [0, 0.1) is 0 Å². The highest BCUT2D eigenvalue weighted by atomic mass is 35.5. The number of aromatic amines is 1. The molecule has 2 heterocycles. The molecular formula is C19H16Cl2N4O2. The second kappa shape index (κ2) is 7.90. The number of nitrogens with zero attached hydrogens (tertiary/aromatic N) is 2. The lowest BCUT2D eigenvalue weighted by atomic mass is 9.96. The Balaban J connectivity index is 2.16. The fourth-order valence-corrected chi connectivity index (χ4v) is 3.19. The number of carbonyl (C=O) groups is 1. The van der Waals surface area contributed by atoms with E-state index in [-0.39, 0.29) is 11.3 Å². The molecule has 0 aliphatic heterocycles. The Labute approximate surface area is 165 Å². The maximum absolute atomic E-state index is 12.3. The van der Waals surface area contributed by atoms with Crippen LogP contribution in [0.2, 0.25) is 10.0 Å². The minimum absolute atomic E-state index is 0.132. The summed E-state index contributed by atoms with van der Waals surface area (Å²) in [6, 6.07) is 6.65. The van der Waals surface area contributed by atoms with Crippen LogP contribution in [0.25, 0.3) is 11.3 Å². The number of nitrogens with one attached hydrogen (secondary N) is 2. The molecule has 3 rings (SSSR count). The standard InChI is InChI=1S/C19H16Cl2N4O2/c1-3-11-6-17(23-19-14(20)8-22-9-15(19)21)12(10(2)26)7-13(11)16-4-5-18(27)25-24-16/h4-9H,3H2,1-2H3,(H,22,23)(H,25,27). The van der Waals surface area contributed by atoms with E-state index in [9.17, 15) is 9.59 Å². The number of aryl methyl sites for hydroxylation is 1. The van der Waals surface area contributed by atoms with Gasteiger partial charge >= 0.3 is 0 Å². The van der Waals surface area contributed by atoms with Crippen molar-refractivity contribution in [2.45, 2.75) is 20.3 Å². The molecule has 0 saturated heterocycles. The van der Waals surface area contributed by atoms with E-state index in [1.54, 1.807) is 12.1 Å². The minimum atomic E-state index is -0.288. The van der Waals surface area contributed by atoms with Crippen molar-refractivity contribution in [1.82, 2.24) is 15.2 Å². The van der Waals surface area contributed by atoms with Crippen molar-refractivity contribution in [3.05, 3.63) is 68.2 Å². The Bertz CT molecular complexity index is 1040. The molecule has 8 heteroatoms. The van der Waals surface area contributed by atoms with Gasteiger partial charge in [-0.25, -0.2) is 5.10 Å². The maximum Gasteiger partial charge on any atom is 0.264 e. The number of H-pyrrole nitrogens is 1. The van der Waals surface area contributed by atoms with Crippen molar-refractivity contribution in [2.24, 2.45) is 0 Å². The third kappa shape index (κ3) is 4.02. The quantitative estimate of drug-likeness (QED) is 0.606. The number of rotatable bonds is 5. The van der Waals surface area contributed by atoms with Gasteiger partial charge in [-0.05, 0) is 37.1 Å². The number of anilines is 2. The number of benzene rings is 1. The molecule has 0 fully saturated rings. The first-order chi connectivity index (χ1) is 12.9. The van der Waals surface area contributed by atoms with E-state index >= 15 is 0 Å². The van der Waals surface area contributed by atoms with Crippen LogP contribution in [0.4, 0.5) is 11.4 Å². The summed E-state index contributed by atoms with van der Waals surface area (Å²) in [7, 11) is 0. The first-order valence-electron chi connectivity index (χ1n) is 8.20. The Morgan fingerprint density at radius 2 is 1.89 bits per heavy atom. The van der Waals surface area contributed by atoms with E-state index in [0.29, 0.717) is 39.1 Å². The minimum Gasteiger partial charge on any atom is -0.352 e. The van der Waals surface area contributed by atoms with Gasteiger partial charge in [-0.1, -0.05) is 30.1 Å². The van der Waals surface area contributed by atoms with E-state index in [1.807, 2.05) is 13.0 Å². The van der Waals surface area contributed by atoms with Gasteiger partial charge in [0.15, 0.2) is 5.78 Å². The lowest BCUT2D eigenvalue weighted by Gasteiger charge is -2.17. The molecule has 6 nitrogen and oxygen atoms in total. The molecule has 2 N–H and O–H groups in total. The van der Waals surface area contributed by atoms with Gasteiger partial charge < -0.3 is 5.32 Å². The Morgan fingerprint density at radius 3 is 2.44 bits per heavy atom. The van der Waals surface area contributed by atoms with E-state index in [4.69, 9.17) is 23.2 Å². The summed E-state index contributed by atoms with van der Waals surface area (Å²) in [4.78, 5) is 27.5. The van der Waals surface area contributed by atoms with Gasteiger partial charge in [-0.15, -0.1) is 0 Å². The van der Waals surface area contributed by atoms with Gasteiger partial charge in [0.25, 0.3) is 5.56 Å². The second-order valence-electron chi connectivity index (χ2n) is 5.87. The number of carbonyl (C=O) groups excluding carboxylic acids is 1. The lowest BCUT2D eigenvalue weighted by Crippen LogP contribution is -2.08. The maximum atomic E-state index is 12.3. The van der Waals surface area contributed by atoms with E-state index in [0.717, 1.165) is 11.1 Å². The first kappa shape index (κ1) is 19.1. The van der Waals surface area contributed by atoms with Gasteiger partial charge in [-0.3, -0.25) is 14.6 Å². The summed E-state index contributed by atoms with van der Waals surface area (Å²) in [6.45, 7) is 3.47. The van der Waals surface area contributed by atoms with Gasteiger partial charge in [0, 0.05) is 35.3 Å². The number of halogens is 2. The number of hydrogen-bond acceptors (Lipinski definition) is 5. The van der Waals surface area contributed by atoms with Gasteiger partial charge in [0.2, 0.25) is 0 Å². The molecule has 2 aromatic heterocycles. The topological polar surface area (TPSA) is 87.7 Å². The summed E-state index contributed by atoms with van der Waals surface area (Å²) < 4.78 is 0. The summed E-state index contributed by atoms with van der Waals surface area (Å²) in [6.07, 6.45) is 3.64. The first-order valence-corrected chi connectivity index (χ1v) is 8.96. The normalized spacial score (nSPS) is 10.7. The fourth-order valence-electron chi connectivity index (χ4n) is 2.73. The largest absolute Gasteiger partial charge is 0.352 e. The average Bonchev–Trinajstić information content (AvgIpc) is 2.65. The molecular weight excluding hydrogens is 387 g/mol. The number of Topliss-reactive ketones (excluding diaryl/α,β-unsaturated/α-hetero) is 1. The van der Waals surface area contributed by atoms with Crippen LogP contribution < -0.4 is 10.9 Å². The molecule has 0 radical (unpaired) electrons. The molecule has 0 spiro atoms. The van der Waals surface area contributed by atoms with Gasteiger partial charge in [-0.2, -0.15) is 5.10 Å². The molecule has 0 amide bonds. The molecule has 0 bridgehead atoms. The summed E-state index contributed by atoms with van der Waals surface area (Å²) in [5.74, 6) is -0.132. The smallest absolute Gasteiger partial charge is 0.264 e. The number of hydrogen-bond donors (Lipinski definition) is 2. The average molecular weight is 403 g/mol. The summed E-state index contributed by atoms with van der Waals surface area (Å²) in [5, 5.41) is 10.3. The highest BCUT2D eigenvalue weighted by Gasteiger charge is 2.17. The van der Waals surface area contributed by atoms with Crippen molar-refractivity contribution in [1.29, 1.82) is 0 Å². The van der Waals surface area contributed by atoms with Crippen LogP contribution in [0.1, 0.15) is 29.8 Å². The molecule has 27 heavy (non-hydrogen) atoms. The summed E-state index contributed by atoms with van der Waals surface area (Å²) in [5.41, 5.74) is 3.54. The molecule has 3 aromatic rings. The Morgan fingerprint density at radius 1 is 1.19 bits per heavy atom. The Hall–Kier alpha value is -2.70. The van der Waals surface area contributed by atoms with E-state index < -0.39 is 0 Å². The predicted molar refractivity (Wildman–Crippen MR) is 107 cm³/mol. The number of pyridine rings is 1. The molecule has 0 saturated carbocycles. The molecule has 0 unspecified atom stereocenters. The second-order valence-corrected chi connectivity index (χ2v) is 6.69. The third-order valence-electron chi connectivity index (χ3n) is 4.07. The number of aromatic nitrogens is 3. The van der Waals surface area contributed by atoms with Crippen LogP contribution in [-0.4, -0.2) is 21.0 Å². The van der Waals surface area contributed by atoms with Gasteiger partial charge in [0.1, 0.15) is 0 Å². The zero-order chi connectivity index (χ0) is 19.6. The molecule has 0 aliphatic carbocycles. The monoisotopic (exact) mass is 402 g/mol. The van der Waals surface area contributed by atoms with Crippen molar-refractivity contribution in [3.8, 4) is 11.3 Å². The molecule has 138 valence electrons. The van der Waals surface area contributed by atoms with Crippen LogP contribution >= 0.6 is 23.2 Å². The van der Waals surface area contributed by atoms with Crippen molar-refractivity contribution in [3.63, 3.8) is 0 Å². The fraction of sp³-hybridized carbons (Fsp3) is 0.158. The highest BCUT2D eigenvalue weighted by Crippen LogP contribution is 2.35. The highest BCUT2D eigenvalue weighted by molar-refractivity contribution is 6.39. The zero-order valence-electron chi connectivity index (χ0n) is 14.6.